The molecule has 12 heteroatoms. The van der Waals surface area contributed by atoms with Crippen molar-refractivity contribution < 1.29 is 27.6 Å². The fraction of sp³-hybridized carbons (Fsp3) is 0.208. The summed E-state index contributed by atoms with van der Waals surface area (Å²) in [5.74, 6) is 1.34. The number of hydrogen-bond acceptors (Lipinski definition) is 9. The number of benzene rings is 3. The molecule has 3 rings (SSSR count). The maximum Gasteiger partial charge on any atom is 0.295 e. The summed E-state index contributed by atoms with van der Waals surface area (Å²) in [4.78, 5) is 10.7. The molecule has 3 aromatic rings. The Morgan fingerprint density at radius 2 is 1.53 bits per heavy atom. The summed E-state index contributed by atoms with van der Waals surface area (Å²) in [7, 11) is 0.380. The molecule has 2 N–H and O–H groups in total. The maximum absolute atomic E-state index is 12.9. The minimum atomic E-state index is -4.07. The molecule has 0 bridgehead atoms. The Balaban J connectivity index is 1.88. The van der Waals surface area contributed by atoms with Gasteiger partial charge in [-0.3, -0.25) is 20.3 Å². The summed E-state index contributed by atoms with van der Waals surface area (Å²) in [5.41, 5.74) is 4.74. The summed E-state index contributed by atoms with van der Waals surface area (Å²) in [6.45, 7) is 3.66. The van der Waals surface area contributed by atoms with Gasteiger partial charge in [-0.05, 0) is 43.7 Å². The highest BCUT2D eigenvalue weighted by atomic mass is 32.2. The van der Waals surface area contributed by atoms with Crippen molar-refractivity contribution in [3.8, 4) is 17.2 Å². The average molecular weight is 515 g/mol. The van der Waals surface area contributed by atoms with Gasteiger partial charge in [-0.2, -0.15) is 5.10 Å². The third kappa shape index (κ3) is 5.84. The van der Waals surface area contributed by atoms with Gasteiger partial charge in [-0.1, -0.05) is 17.7 Å². The Bertz CT molecular complexity index is 1420. The van der Waals surface area contributed by atoms with Crippen LogP contribution in [0.25, 0.3) is 0 Å². The first kappa shape index (κ1) is 26.3. The molecule has 190 valence electrons. The molecule has 0 aliphatic heterocycles. The van der Waals surface area contributed by atoms with Gasteiger partial charge in [0.2, 0.25) is 0 Å². The number of nitro groups is 1. The van der Waals surface area contributed by atoms with Crippen LogP contribution in [-0.2, 0) is 10.0 Å². The van der Waals surface area contributed by atoms with Gasteiger partial charge in [0.1, 0.15) is 11.4 Å². The summed E-state index contributed by atoms with van der Waals surface area (Å²) in [6, 6.07) is 12.0. The minimum absolute atomic E-state index is 0.00107. The number of sulfonamides is 1. The highest BCUT2D eigenvalue weighted by Gasteiger charge is 2.22. The van der Waals surface area contributed by atoms with E-state index in [9.17, 15) is 18.5 Å². The van der Waals surface area contributed by atoms with Crippen molar-refractivity contribution in [1.82, 2.24) is 0 Å². The van der Waals surface area contributed by atoms with Gasteiger partial charge >= 0.3 is 0 Å². The van der Waals surface area contributed by atoms with E-state index in [1.165, 1.54) is 39.7 Å². The number of aryl methyl sites for hydroxylation is 2. The molecular formula is C24H26N4O7S. The van der Waals surface area contributed by atoms with Crippen molar-refractivity contribution in [3.05, 3.63) is 75.3 Å². The molecule has 0 saturated carbocycles. The lowest BCUT2D eigenvalue weighted by atomic mass is 10.1. The summed E-state index contributed by atoms with van der Waals surface area (Å²) in [6.07, 6.45) is 1.39. The van der Waals surface area contributed by atoms with E-state index in [1.54, 1.807) is 31.2 Å². The lowest BCUT2D eigenvalue weighted by Crippen LogP contribution is -2.14. The smallest absolute Gasteiger partial charge is 0.295 e. The van der Waals surface area contributed by atoms with Crippen molar-refractivity contribution >= 4 is 33.3 Å². The van der Waals surface area contributed by atoms with E-state index in [-0.39, 0.29) is 10.6 Å². The summed E-state index contributed by atoms with van der Waals surface area (Å²) in [5, 5.41) is 15.7. The number of nitrogens with zero attached hydrogens (tertiary/aromatic N) is 2. The first-order valence-electron chi connectivity index (χ1n) is 10.6. The second kappa shape index (κ2) is 11.0. The minimum Gasteiger partial charge on any atom is -0.496 e. The summed E-state index contributed by atoms with van der Waals surface area (Å²) < 4.78 is 44.1. The molecule has 0 spiro atoms. The number of hydrogen-bond donors (Lipinski definition) is 2. The SMILES string of the molecule is COc1cc(OC)c(OC)cc1/C=N/Nc1ccc(S(=O)(=O)Nc2ccc(C)cc2C)cc1[N+](=O)[O-]. The van der Waals surface area contributed by atoms with Gasteiger partial charge in [-0.25, -0.2) is 8.42 Å². The van der Waals surface area contributed by atoms with E-state index in [0.717, 1.165) is 17.2 Å². The normalized spacial score (nSPS) is 11.2. The predicted octanol–water partition coefficient (Wildman–Crippen LogP) is 4.48. The molecule has 0 aliphatic carbocycles. The zero-order valence-corrected chi connectivity index (χ0v) is 21.2. The highest BCUT2D eigenvalue weighted by Crippen LogP contribution is 2.34. The van der Waals surface area contributed by atoms with Crippen LogP contribution in [0.15, 0.2) is 58.5 Å². The van der Waals surface area contributed by atoms with E-state index in [1.807, 2.05) is 13.0 Å². The Kier molecular flexibility index (Phi) is 8.00. The van der Waals surface area contributed by atoms with Crippen LogP contribution >= 0.6 is 0 Å². The number of nitrogens with one attached hydrogen (secondary N) is 2. The molecule has 11 nitrogen and oxygen atoms in total. The molecule has 0 atom stereocenters. The molecule has 0 aromatic heterocycles. The summed E-state index contributed by atoms with van der Waals surface area (Å²) >= 11 is 0. The molecule has 36 heavy (non-hydrogen) atoms. The monoisotopic (exact) mass is 514 g/mol. The second-order valence-electron chi connectivity index (χ2n) is 7.68. The van der Waals surface area contributed by atoms with Gasteiger partial charge in [0, 0.05) is 17.7 Å². The first-order chi connectivity index (χ1) is 17.1. The fourth-order valence-corrected chi connectivity index (χ4v) is 4.53. The molecular weight excluding hydrogens is 488 g/mol. The zero-order chi connectivity index (χ0) is 26.5. The standard InChI is InChI=1S/C24H26N4O7S/c1-15-6-8-19(16(2)10-15)27-36(31,32)18-7-9-20(21(12-18)28(29)30)26-25-14-17-11-23(34-4)24(35-5)13-22(17)33-3/h6-14,26-27H,1-5H3/b25-14+. The first-order valence-corrected chi connectivity index (χ1v) is 12.1. The van der Waals surface area contributed by atoms with Gasteiger partial charge in [0.05, 0.1) is 43.1 Å². The average Bonchev–Trinajstić information content (AvgIpc) is 2.85. The molecule has 0 radical (unpaired) electrons. The highest BCUT2D eigenvalue weighted by molar-refractivity contribution is 7.92. The van der Waals surface area contributed by atoms with Crippen molar-refractivity contribution in [3.63, 3.8) is 0 Å². The lowest BCUT2D eigenvalue weighted by molar-refractivity contribution is -0.384. The van der Waals surface area contributed by atoms with Gasteiger partial charge in [0.15, 0.2) is 11.5 Å². The molecule has 3 aromatic carbocycles. The molecule has 0 amide bonds. The van der Waals surface area contributed by atoms with E-state index in [2.05, 4.69) is 15.2 Å². The number of methoxy groups -OCH3 is 3. The Morgan fingerprint density at radius 1 is 0.889 bits per heavy atom. The molecule has 0 saturated heterocycles. The van der Waals surface area contributed by atoms with Crippen LogP contribution in [0.1, 0.15) is 16.7 Å². The third-order valence-corrected chi connectivity index (χ3v) is 6.59. The van der Waals surface area contributed by atoms with E-state index >= 15 is 0 Å². The number of nitro benzene ring substituents is 1. The zero-order valence-electron chi connectivity index (χ0n) is 20.4. The van der Waals surface area contributed by atoms with Crippen LogP contribution in [0.3, 0.4) is 0 Å². The van der Waals surface area contributed by atoms with Crippen molar-refractivity contribution in [2.45, 2.75) is 18.7 Å². The van der Waals surface area contributed by atoms with E-state index < -0.39 is 20.6 Å². The number of ether oxygens (including phenoxy) is 3. The van der Waals surface area contributed by atoms with Crippen molar-refractivity contribution in [1.29, 1.82) is 0 Å². The molecule has 0 heterocycles. The maximum atomic E-state index is 12.9. The lowest BCUT2D eigenvalue weighted by Gasteiger charge is -2.12. The number of anilines is 2. The quantitative estimate of drug-likeness (QED) is 0.229. The van der Waals surface area contributed by atoms with E-state index in [0.29, 0.717) is 28.5 Å². The van der Waals surface area contributed by atoms with Crippen LogP contribution < -0.4 is 24.4 Å². The molecule has 0 unspecified atom stereocenters. The van der Waals surface area contributed by atoms with Crippen molar-refractivity contribution in [2.24, 2.45) is 5.10 Å². The Hall–Kier alpha value is -4.32. The fourth-order valence-electron chi connectivity index (χ4n) is 3.38. The van der Waals surface area contributed by atoms with Crippen LogP contribution in [0.2, 0.25) is 0 Å². The van der Waals surface area contributed by atoms with Crippen LogP contribution in [0.4, 0.5) is 17.1 Å². The van der Waals surface area contributed by atoms with Crippen LogP contribution in [0.5, 0.6) is 17.2 Å². The van der Waals surface area contributed by atoms with E-state index in [4.69, 9.17) is 14.2 Å². The second-order valence-corrected chi connectivity index (χ2v) is 9.36. The topological polar surface area (TPSA) is 141 Å². The van der Waals surface area contributed by atoms with Gasteiger partial charge in [0.25, 0.3) is 15.7 Å². The Labute approximate surface area is 208 Å². The predicted molar refractivity (Wildman–Crippen MR) is 137 cm³/mol. The number of rotatable bonds is 10. The van der Waals surface area contributed by atoms with Gasteiger partial charge < -0.3 is 14.2 Å². The van der Waals surface area contributed by atoms with Crippen LogP contribution in [0, 0.1) is 24.0 Å². The Morgan fingerprint density at radius 3 is 2.14 bits per heavy atom. The number of hydrazone groups is 1. The molecule has 0 aliphatic rings. The van der Waals surface area contributed by atoms with Gasteiger partial charge in [-0.15, -0.1) is 0 Å². The largest absolute Gasteiger partial charge is 0.496 e. The molecule has 0 fully saturated rings. The third-order valence-electron chi connectivity index (χ3n) is 5.23. The van der Waals surface area contributed by atoms with Crippen molar-refractivity contribution in [2.75, 3.05) is 31.5 Å². The van der Waals surface area contributed by atoms with Crippen LogP contribution in [-0.4, -0.2) is 40.9 Å².